The first-order chi connectivity index (χ1) is 19.5. The number of aryl methyl sites for hydroxylation is 1. The van der Waals surface area contributed by atoms with Gasteiger partial charge in [-0.3, -0.25) is 9.69 Å². The van der Waals surface area contributed by atoms with E-state index in [9.17, 15) is 9.18 Å². The highest BCUT2D eigenvalue weighted by Crippen LogP contribution is 2.29. The van der Waals surface area contributed by atoms with E-state index in [2.05, 4.69) is 36.4 Å². The first-order valence-corrected chi connectivity index (χ1v) is 13.3. The number of tetrazole rings is 1. The second-order valence-corrected chi connectivity index (χ2v) is 10.1. The lowest BCUT2D eigenvalue weighted by molar-refractivity contribution is 0.200. The Morgan fingerprint density at radius 3 is 2.45 bits per heavy atom. The zero-order valence-corrected chi connectivity index (χ0v) is 22.4. The molecule has 6 rings (SSSR count). The Morgan fingerprint density at radius 1 is 0.975 bits per heavy atom. The van der Waals surface area contributed by atoms with Gasteiger partial charge in [-0.15, -0.1) is 5.10 Å². The molecule has 0 amide bonds. The minimum absolute atomic E-state index is 0.165. The van der Waals surface area contributed by atoms with Crippen molar-refractivity contribution < 1.29 is 9.13 Å². The summed E-state index contributed by atoms with van der Waals surface area (Å²) in [5, 5.41) is 13.7. The fourth-order valence-electron chi connectivity index (χ4n) is 5.36. The number of methoxy groups -OCH3 is 1. The minimum atomic E-state index is -0.461. The summed E-state index contributed by atoms with van der Waals surface area (Å²) in [6.07, 6.45) is 0. The molecule has 5 aromatic rings. The summed E-state index contributed by atoms with van der Waals surface area (Å²) in [5.41, 5.74) is 4.31. The summed E-state index contributed by atoms with van der Waals surface area (Å²) in [6.45, 7) is 5.25. The van der Waals surface area contributed by atoms with Crippen molar-refractivity contribution in [1.82, 2.24) is 30.1 Å². The third-order valence-corrected chi connectivity index (χ3v) is 7.49. The molecule has 9 nitrogen and oxygen atoms in total. The number of aromatic amines is 1. The van der Waals surface area contributed by atoms with E-state index in [0.29, 0.717) is 44.1 Å². The van der Waals surface area contributed by atoms with E-state index in [1.165, 1.54) is 12.1 Å². The van der Waals surface area contributed by atoms with Gasteiger partial charge in [0.2, 0.25) is 0 Å². The van der Waals surface area contributed by atoms with Gasteiger partial charge in [-0.05, 0) is 82.9 Å². The Kier molecular flexibility index (Phi) is 7.00. The molecule has 1 aliphatic heterocycles. The number of halogens is 1. The predicted octanol–water partition coefficient (Wildman–Crippen LogP) is 3.93. The largest absolute Gasteiger partial charge is 0.497 e. The highest BCUT2D eigenvalue weighted by molar-refractivity contribution is 5.79. The Morgan fingerprint density at radius 2 is 1.73 bits per heavy atom. The quantitative estimate of drug-likeness (QED) is 0.335. The maximum absolute atomic E-state index is 13.5. The van der Waals surface area contributed by atoms with Crippen LogP contribution in [0.3, 0.4) is 0 Å². The van der Waals surface area contributed by atoms with Gasteiger partial charge in [0.25, 0.3) is 5.56 Å². The van der Waals surface area contributed by atoms with Gasteiger partial charge in [0.15, 0.2) is 5.82 Å². The zero-order chi connectivity index (χ0) is 27.6. The Labute approximate surface area is 230 Å². The van der Waals surface area contributed by atoms with Crippen LogP contribution in [-0.4, -0.2) is 63.4 Å². The minimum Gasteiger partial charge on any atom is -0.497 e. The number of ether oxygens (including phenoxy) is 1. The normalized spacial score (nSPS) is 14.9. The molecule has 1 saturated heterocycles. The van der Waals surface area contributed by atoms with Crippen LogP contribution in [0.1, 0.15) is 28.6 Å². The molecule has 0 saturated carbocycles. The second kappa shape index (κ2) is 10.9. The number of rotatable bonds is 7. The van der Waals surface area contributed by atoms with Crippen LogP contribution in [0.5, 0.6) is 5.75 Å². The molecule has 1 atom stereocenters. The van der Waals surface area contributed by atoms with E-state index in [0.717, 1.165) is 33.5 Å². The predicted molar refractivity (Wildman–Crippen MR) is 151 cm³/mol. The number of benzene rings is 3. The van der Waals surface area contributed by atoms with Crippen molar-refractivity contribution >= 4 is 16.6 Å². The average molecular weight is 540 g/mol. The van der Waals surface area contributed by atoms with Gasteiger partial charge in [-0.1, -0.05) is 23.8 Å². The Balaban J connectivity index is 1.37. The number of piperazine rings is 1. The standard InChI is InChI=1S/C30H30FN7O2/c1-20-3-12-27-22(17-20)18-26(30(39)32-27)28(37-15-13-36(14-16-37)24-8-6-23(31)7-9-24)29-33-34-35-38(29)19-21-4-10-25(40-2)11-5-21/h3-12,17-18,28H,13-16,19H2,1-2H3,(H,32,39)/t28-/m1/s1. The number of fused-ring (bicyclic) bond motifs is 1. The molecule has 3 heterocycles. The summed E-state index contributed by atoms with van der Waals surface area (Å²) in [7, 11) is 1.64. The maximum Gasteiger partial charge on any atom is 0.253 e. The molecule has 2 aromatic heterocycles. The number of hydrogen-bond acceptors (Lipinski definition) is 7. The van der Waals surface area contributed by atoms with E-state index in [4.69, 9.17) is 4.74 Å². The van der Waals surface area contributed by atoms with Crippen LogP contribution >= 0.6 is 0 Å². The first kappa shape index (κ1) is 25.7. The monoisotopic (exact) mass is 539 g/mol. The molecule has 0 bridgehead atoms. The average Bonchev–Trinajstić information content (AvgIpc) is 3.42. The molecular weight excluding hydrogens is 509 g/mol. The Bertz CT molecular complexity index is 1670. The van der Waals surface area contributed by atoms with Crippen molar-refractivity contribution in [2.75, 3.05) is 38.2 Å². The highest BCUT2D eigenvalue weighted by atomic mass is 19.1. The van der Waals surface area contributed by atoms with Crippen LogP contribution in [0.2, 0.25) is 0 Å². The molecule has 1 aliphatic rings. The van der Waals surface area contributed by atoms with Gasteiger partial charge in [-0.25, -0.2) is 9.07 Å². The van der Waals surface area contributed by atoms with Crippen LogP contribution in [0.4, 0.5) is 10.1 Å². The van der Waals surface area contributed by atoms with Crippen molar-refractivity contribution in [3.8, 4) is 5.75 Å². The lowest BCUT2D eigenvalue weighted by Gasteiger charge is -2.39. The summed E-state index contributed by atoms with van der Waals surface area (Å²) in [4.78, 5) is 21.1. The number of anilines is 1. The Hall–Kier alpha value is -4.57. The van der Waals surface area contributed by atoms with Crippen LogP contribution in [0, 0.1) is 12.7 Å². The summed E-state index contributed by atoms with van der Waals surface area (Å²) < 4.78 is 20.5. The van der Waals surface area contributed by atoms with Crippen LogP contribution in [0.25, 0.3) is 10.9 Å². The fourth-order valence-corrected chi connectivity index (χ4v) is 5.36. The summed E-state index contributed by atoms with van der Waals surface area (Å²) in [5.74, 6) is 1.12. The molecule has 40 heavy (non-hydrogen) atoms. The van der Waals surface area contributed by atoms with E-state index in [1.54, 1.807) is 23.9 Å². The number of nitrogens with one attached hydrogen (secondary N) is 1. The summed E-state index contributed by atoms with van der Waals surface area (Å²) >= 11 is 0. The zero-order valence-electron chi connectivity index (χ0n) is 22.4. The molecule has 1 fully saturated rings. The van der Waals surface area contributed by atoms with Crippen LogP contribution in [-0.2, 0) is 6.54 Å². The van der Waals surface area contributed by atoms with Gasteiger partial charge in [0.05, 0.1) is 13.7 Å². The molecule has 0 radical (unpaired) electrons. The fraction of sp³-hybridized carbons (Fsp3) is 0.267. The third-order valence-electron chi connectivity index (χ3n) is 7.49. The molecule has 0 aliphatic carbocycles. The van der Waals surface area contributed by atoms with Gasteiger partial charge >= 0.3 is 0 Å². The van der Waals surface area contributed by atoms with E-state index < -0.39 is 6.04 Å². The SMILES string of the molecule is COc1ccc(Cn2nnnc2[C@@H](c2cc3cc(C)ccc3[nH]c2=O)N2CCN(c3ccc(F)cc3)CC2)cc1. The second-order valence-electron chi connectivity index (χ2n) is 10.1. The lowest BCUT2D eigenvalue weighted by atomic mass is 10.0. The van der Waals surface area contributed by atoms with Crippen molar-refractivity contribution in [2.45, 2.75) is 19.5 Å². The van der Waals surface area contributed by atoms with Gasteiger partial charge in [0.1, 0.15) is 17.6 Å². The molecular formula is C30H30FN7O2. The number of aromatic nitrogens is 5. The van der Waals surface area contributed by atoms with Crippen molar-refractivity contribution in [2.24, 2.45) is 0 Å². The van der Waals surface area contributed by atoms with E-state index in [-0.39, 0.29) is 11.4 Å². The van der Waals surface area contributed by atoms with Crippen molar-refractivity contribution in [3.63, 3.8) is 0 Å². The van der Waals surface area contributed by atoms with Crippen LogP contribution < -0.4 is 15.2 Å². The van der Waals surface area contributed by atoms with Crippen LogP contribution in [0.15, 0.2) is 77.6 Å². The van der Waals surface area contributed by atoms with Gasteiger partial charge in [-0.2, -0.15) is 0 Å². The van der Waals surface area contributed by atoms with Gasteiger partial charge in [0, 0.05) is 42.9 Å². The molecule has 0 spiro atoms. The van der Waals surface area contributed by atoms with E-state index in [1.807, 2.05) is 49.4 Å². The summed E-state index contributed by atoms with van der Waals surface area (Å²) in [6, 6.07) is 21.8. The molecule has 3 aromatic carbocycles. The topological polar surface area (TPSA) is 92.2 Å². The molecule has 0 unspecified atom stereocenters. The molecule has 10 heteroatoms. The number of nitrogens with zero attached hydrogens (tertiary/aromatic N) is 6. The number of H-pyrrole nitrogens is 1. The van der Waals surface area contributed by atoms with Crippen molar-refractivity contribution in [3.05, 3.63) is 111 Å². The molecule has 1 N–H and O–H groups in total. The highest BCUT2D eigenvalue weighted by Gasteiger charge is 2.33. The smallest absolute Gasteiger partial charge is 0.253 e. The number of hydrogen-bond donors (Lipinski definition) is 1. The number of pyridine rings is 1. The first-order valence-electron chi connectivity index (χ1n) is 13.3. The molecule has 204 valence electrons. The maximum atomic E-state index is 13.5. The van der Waals surface area contributed by atoms with Crippen molar-refractivity contribution in [1.29, 1.82) is 0 Å². The van der Waals surface area contributed by atoms with E-state index >= 15 is 0 Å². The van der Waals surface area contributed by atoms with Gasteiger partial charge < -0.3 is 14.6 Å². The lowest BCUT2D eigenvalue weighted by Crippen LogP contribution is -2.49. The third kappa shape index (κ3) is 5.17.